The zero-order chi connectivity index (χ0) is 31.5. The predicted octanol–water partition coefficient (Wildman–Crippen LogP) is 8.48. The highest BCUT2D eigenvalue weighted by molar-refractivity contribution is 8.17. The summed E-state index contributed by atoms with van der Waals surface area (Å²) in [6, 6.07) is 21.9. The van der Waals surface area contributed by atoms with Crippen molar-refractivity contribution in [3.05, 3.63) is 111 Å². The van der Waals surface area contributed by atoms with Crippen LogP contribution < -0.4 is 9.47 Å². The Bertz CT molecular complexity index is 1840. The molecule has 0 amide bonds. The Hall–Kier alpha value is -4.14. The SMILES string of the molecule is CCOC(=O)C1=C(C)N=C2S/C(=C/c3cn(Cc4ccccc4Cl)c4ccccc34)CN2[C@@H]1c1ccc(OCC)c(OCC)c1. The second kappa shape index (κ2) is 13.5. The number of ether oxygens (including phenoxy) is 3. The summed E-state index contributed by atoms with van der Waals surface area (Å²) < 4.78 is 19.6. The van der Waals surface area contributed by atoms with E-state index >= 15 is 0 Å². The number of carbonyl (C=O) groups is 1. The molecule has 7 nitrogen and oxygen atoms in total. The van der Waals surface area contributed by atoms with Gasteiger partial charge >= 0.3 is 5.97 Å². The highest BCUT2D eigenvalue weighted by Crippen LogP contribution is 2.46. The van der Waals surface area contributed by atoms with Gasteiger partial charge in [0.1, 0.15) is 0 Å². The molecular formula is C36H36ClN3O4S. The molecule has 1 fully saturated rings. The van der Waals surface area contributed by atoms with Gasteiger partial charge in [-0.15, -0.1) is 0 Å². The van der Waals surface area contributed by atoms with Gasteiger partial charge in [-0.2, -0.15) is 0 Å². The van der Waals surface area contributed by atoms with Crippen molar-refractivity contribution in [3.8, 4) is 11.5 Å². The van der Waals surface area contributed by atoms with Gasteiger partial charge < -0.3 is 23.7 Å². The minimum atomic E-state index is -0.397. The molecule has 0 unspecified atom stereocenters. The van der Waals surface area contributed by atoms with E-state index in [1.807, 2.05) is 64.1 Å². The van der Waals surface area contributed by atoms with Crippen molar-refractivity contribution in [3.63, 3.8) is 0 Å². The molecule has 0 spiro atoms. The molecule has 0 aliphatic carbocycles. The molecule has 1 aromatic heterocycles. The number of allylic oxidation sites excluding steroid dienone is 1. The third-order valence-electron chi connectivity index (χ3n) is 7.85. The average molecular weight is 642 g/mol. The lowest BCUT2D eigenvalue weighted by Crippen LogP contribution is -2.36. The number of esters is 1. The normalized spacial score (nSPS) is 17.1. The molecule has 0 radical (unpaired) electrons. The second-order valence-corrected chi connectivity index (χ2v) is 12.3. The van der Waals surface area contributed by atoms with Gasteiger partial charge in [-0.05, 0) is 69.2 Å². The summed E-state index contributed by atoms with van der Waals surface area (Å²) in [5, 5.41) is 2.77. The molecule has 9 heteroatoms. The van der Waals surface area contributed by atoms with Gasteiger partial charge in [-0.3, -0.25) is 0 Å². The molecule has 1 saturated heterocycles. The molecule has 3 heterocycles. The molecular weight excluding hydrogens is 606 g/mol. The van der Waals surface area contributed by atoms with Crippen molar-refractivity contribution < 1.29 is 19.0 Å². The molecule has 45 heavy (non-hydrogen) atoms. The number of nitrogens with zero attached hydrogens (tertiary/aromatic N) is 3. The monoisotopic (exact) mass is 641 g/mol. The third kappa shape index (κ3) is 6.22. The van der Waals surface area contributed by atoms with E-state index in [4.69, 9.17) is 30.8 Å². The van der Waals surface area contributed by atoms with Gasteiger partial charge in [0, 0.05) is 39.1 Å². The van der Waals surface area contributed by atoms with Crippen molar-refractivity contribution >= 4 is 51.5 Å². The van der Waals surface area contributed by atoms with Gasteiger partial charge in [-0.25, -0.2) is 9.79 Å². The third-order valence-corrected chi connectivity index (χ3v) is 9.23. The van der Waals surface area contributed by atoms with Crippen LogP contribution in [-0.4, -0.2) is 47.0 Å². The molecule has 232 valence electrons. The number of para-hydroxylation sites is 1. The zero-order valence-electron chi connectivity index (χ0n) is 25.9. The lowest BCUT2D eigenvalue weighted by atomic mass is 9.94. The molecule has 2 aliphatic rings. The molecule has 0 N–H and O–H groups in total. The maximum absolute atomic E-state index is 13.4. The van der Waals surface area contributed by atoms with E-state index in [1.54, 1.807) is 11.8 Å². The zero-order valence-corrected chi connectivity index (χ0v) is 27.5. The Morgan fingerprint density at radius 2 is 1.76 bits per heavy atom. The fourth-order valence-corrected chi connectivity index (χ4v) is 7.21. The molecule has 6 rings (SSSR count). The van der Waals surface area contributed by atoms with E-state index in [1.165, 1.54) is 0 Å². The van der Waals surface area contributed by atoms with Crippen LogP contribution in [0.5, 0.6) is 11.5 Å². The number of hydrogen-bond acceptors (Lipinski definition) is 7. The number of amidine groups is 1. The number of hydrogen-bond donors (Lipinski definition) is 0. The number of halogens is 1. The Morgan fingerprint density at radius 3 is 2.53 bits per heavy atom. The maximum Gasteiger partial charge on any atom is 0.338 e. The number of fused-ring (bicyclic) bond motifs is 2. The molecule has 2 aliphatic heterocycles. The smallest absolute Gasteiger partial charge is 0.338 e. The largest absolute Gasteiger partial charge is 0.490 e. The number of thioether (sulfide) groups is 1. The van der Waals surface area contributed by atoms with Crippen LogP contribution in [0.2, 0.25) is 5.02 Å². The number of benzene rings is 3. The summed E-state index contributed by atoms with van der Waals surface area (Å²) in [5.41, 5.74) is 5.42. The summed E-state index contributed by atoms with van der Waals surface area (Å²) in [7, 11) is 0. The number of aromatic nitrogens is 1. The lowest BCUT2D eigenvalue weighted by Gasteiger charge is -2.34. The Labute approximate surface area is 273 Å². The molecule has 0 saturated carbocycles. The van der Waals surface area contributed by atoms with Gasteiger partial charge in [-0.1, -0.05) is 65.8 Å². The lowest BCUT2D eigenvalue weighted by molar-refractivity contribution is -0.139. The fourth-order valence-electron chi connectivity index (χ4n) is 5.92. The van der Waals surface area contributed by atoms with Crippen LogP contribution in [0.3, 0.4) is 0 Å². The van der Waals surface area contributed by atoms with Crippen LogP contribution in [0.4, 0.5) is 0 Å². The first-order chi connectivity index (χ1) is 21.9. The van der Waals surface area contributed by atoms with Gasteiger partial charge in [0.15, 0.2) is 16.7 Å². The summed E-state index contributed by atoms with van der Waals surface area (Å²) in [4.78, 5) is 21.6. The summed E-state index contributed by atoms with van der Waals surface area (Å²) in [6.07, 6.45) is 4.42. The van der Waals surface area contributed by atoms with Crippen molar-refractivity contribution in [2.75, 3.05) is 26.4 Å². The Balaban J connectivity index is 1.38. The van der Waals surface area contributed by atoms with Gasteiger partial charge in [0.2, 0.25) is 0 Å². The minimum absolute atomic E-state index is 0.282. The average Bonchev–Trinajstić information content (AvgIpc) is 3.59. The first-order valence-corrected chi connectivity index (χ1v) is 16.4. The van der Waals surface area contributed by atoms with Crippen molar-refractivity contribution in [1.82, 2.24) is 9.47 Å². The molecule has 1 atom stereocenters. The fraction of sp³-hybridized carbons (Fsp3) is 0.278. The van der Waals surface area contributed by atoms with Crippen molar-refractivity contribution in [2.24, 2.45) is 4.99 Å². The van der Waals surface area contributed by atoms with E-state index in [0.29, 0.717) is 49.1 Å². The summed E-state index contributed by atoms with van der Waals surface area (Å²) in [5.74, 6) is 0.964. The van der Waals surface area contributed by atoms with Crippen molar-refractivity contribution in [2.45, 2.75) is 40.3 Å². The molecule has 0 bridgehead atoms. The van der Waals surface area contributed by atoms with Crippen LogP contribution in [-0.2, 0) is 16.1 Å². The highest BCUT2D eigenvalue weighted by Gasteiger charge is 2.41. The van der Waals surface area contributed by atoms with E-state index in [2.05, 4.69) is 52.1 Å². The minimum Gasteiger partial charge on any atom is -0.490 e. The standard InChI is InChI=1S/C36H36ClN3O4S/c1-5-42-31-17-16-24(19-32(31)43-6-2)34-33(35(41)44-7-3)23(4)38-36-40(34)22-27(45-36)18-26-21-39(30-15-11-9-13-28(26)30)20-25-12-8-10-14-29(25)37/h8-19,21,34H,5-7,20,22H2,1-4H3/b27-18+/t34-/m1/s1. The number of rotatable bonds is 10. The Kier molecular flexibility index (Phi) is 9.24. The summed E-state index contributed by atoms with van der Waals surface area (Å²) >= 11 is 8.15. The quantitative estimate of drug-likeness (QED) is 0.162. The van der Waals surface area contributed by atoms with Gasteiger partial charge in [0.25, 0.3) is 0 Å². The molecule has 3 aromatic carbocycles. The van der Waals surface area contributed by atoms with Crippen molar-refractivity contribution in [1.29, 1.82) is 0 Å². The number of carbonyl (C=O) groups excluding carboxylic acids is 1. The predicted molar refractivity (Wildman–Crippen MR) is 183 cm³/mol. The topological polar surface area (TPSA) is 65.3 Å². The van der Waals surface area contributed by atoms with Crippen LogP contribution in [0, 0.1) is 0 Å². The van der Waals surface area contributed by atoms with E-state index in [9.17, 15) is 4.79 Å². The number of aliphatic imine (C=N–C) groups is 1. The van der Waals surface area contributed by atoms with Crippen LogP contribution in [0.15, 0.2) is 94.1 Å². The molecule has 4 aromatic rings. The Morgan fingerprint density at radius 1 is 1.00 bits per heavy atom. The van der Waals surface area contributed by atoms with Crippen LogP contribution in [0.25, 0.3) is 17.0 Å². The second-order valence-electron chi connectivity index (χ2n) is 10.8. The van der Waals surface area contributed by atoms with E-state index in [-0.39, 0.29) is 12.6 Å². The first kappa shape index (κ1) is 30.9. The highest BCUT2D eigenvalue weighted by atomic mass is 35.5. The van der Waals surface area contributed by atoms with Gasteiger partial charge in [0.05, 0.1) is 43.7 Å². The van der Waals surface area contributed by atoms with Crippen LogP contribution in [0.1, 0.15) is 50.4 Å². The van der Waals surface area contributed by atoms with Crippen LogP contribution >= 0.6 is 23.4 Å². The van der Waals surface area contributed by atoms with E-state index in [0.717, 1.165) is 42.7 Å². The first-order valence-electron chi connectivity index (χ1n) is 15.2. The van der Waals surface area contributed by atoms with E-state index < -0.39 is 6.04 Å². The summed E-state index contributed by atoms with van der Waals surface area (Å²) in [6.45, 7) is 10.2. The maximum atomic E-state index is 13.4.